The van der Waals surface area contributed by atoms with E-state index in [1.165, 1.54) is 60.7 Å². The zero-order chi connectivity index (χ0) is 26.7. The Balaban J connectivity index is 1.48. The summed E-state index contributed by atoms with van der Waals surface area (Å²) in [6, 6.07) is 15.7. The molecule has 0 spiro atoms. The number of ether oxygens (including phenoxy) is 1. The van der Waals surface area contributed by atoms with Crippen molar-refractivity contribution in [1.29, 1.82) is 0 Å². The van der Waals surface area contributed by atoms with Crippen molar-refractivity contribution in [2.45, 2.75) is 6.92 Å². The molecule has 0 saturated heterocycles. The predicted octanol–water partition coefficient (Wildman–Crippen LogP) is 5.34. The second-order valence-electron chi connectivity index (χ2n) is 7.69. The Kier molecular flexibility index (Phi) is 7.56. The van der Waals surface area contributed by atoms with Gasteiger partial charge in [0.1, 0.15) is 16.5 Å². The van der Waals surface area contributed by atoms with E-state index in [1.54, 1.807) is 6.92 Å². The van der Waals surface area contributed by atoms with Crippen LogP contribution in [0, 0.1) is 5.82 Å². The van der Waals surface area contributed by atoms with Crippen LogP contribution in [0.5, 0.6) is 0 Å². The van der Waals surface area contributed by atoms with E-state index in [1.807, 2.05) is 0 Å². The Bertz CT molecular complexity index is 1460. The summed E-state index contributed by atoms with van der Waals surface area (Å²) < 4.78 is 18.3. The predicted molar refractivity (Wildman–Crippen MR) is 137 cm³/mol. The summed E-state index contributed by atoms with van der Waals surface area (Å²) in [5, 5.41) is 4.96. The van der Waals surface area contributed by atoms with Gasteiger partial charge in [-0.15, -0.1) is 0 Å². The van der Waals surface area contributed by atoms with E-state index in [2.05, 4.69) is 10.6 Å². The molecule has 2 N–H and O–H groups in total. The van der Waals surface area contributed by atoms with Crippen molar-refractivity contribution in [1.82, 2.24) is 0 Å². The first-order valence-electron chi connectivity index (χ1n) is 10.9. The lowest BCUT2D eigenvalue weighted by Gasteiger charge is -2.16. The van der Waals surface area contributed by atoms with Gasteiger partial charge in [-0.1, -0.05) is 29.3 Å². The third-order valence-electron chi connectivity index (χ3n) is 5.24. The van der Waals surface area contributed by atoms with Crippen LogP contribution in [-0.2, 0) is 14.3 Å². The molecule has 0 aliphatic carbocycles. The lowest BCUT2D eigenvalue weighted by molar-refractivity contribution is -0.120. The fraction of sp³-hybridized carbons (Fsp3) is 0.0769. The molecule has 3 aromatic rings. The largest absolute Gasteiger partial charge is 0.462 e. The zero-order valence-electron chi connectivity index (χ0n) is 19.2. The lowest BCUT2D eigenvalue weighted by Crippen LogP contribution is -2.32. The number of imide groups is 1. The van der Waals surface area contributed by atoms with Crippen LogP contribution >= 0.6 is 23.2 Å². The fourth-order valence-corrected chi connectivity index (χ4v) is 3.85. The van der Waals surface area contributed by atoms with Crippen LogP contribution in [-0.4, -0.2) is 30.3 Å². The van der Waals surface area contributed by atoms with E-state index >= 15 is 0 Å². The minimum absolute atomic E-state index is 0.125. The van der Waals surface area contributed by atoms with Crippen molar-refractivity contribution in [3.05, 3.63) is 99.4 Å². The number of esters is 1. The maximum absolute atomic E-state index is 13.3. The molecule has 8 nitrogen and oxygen atoms in total. The standard InChI is InChI=1S/C26H18Cl2FN3O5/c1-2-37-26(36)15-4-3-5-18(12-15)32-24(34)21(28)22(25(32)35)30-16-8-6-14(7-9-16)23(33)31-17-10-11-20(29)19(27)13-17/h3-13,30H,2H2,1H3,(H,31,33). The molecule has 3 amide bonds. The lowest BCUT2D eigenvalue weighted by atomic mass is 10.1. The van der Waals surface area contributed by atoms with E-state index in [0.717, 1.165) is 11.0 Å². The number of hydrogen-bond donors (Lipinski definition) is 2. The van der Waals surface area contributed by atoms with E-state index in [4.69, 9.17) is 27.9 Å². The van der Waals surface area contributed by atoms with Gasteiger partial charge in [-0.3, -0.25) is 14.4 Å². The molecule has 37 heavy (non-hydrogen) atoms. The third kappa shape index (κ3) is 5.47. The van der Waals surface area contributed by atoms with Crippen LogP contribution in [0.2, 0.25) is 5.02 Å². The van der Waals surface area contributed by atoms with Crippen molar-refractivity contribution in [2.75, 3.05) is 22.1 Å². The van der Waals surface area contributed by atoms with Crippen molar-refractivity contribution in [3.63, 3.8) is 0 Å². The molecular weight excluding hydrogens is 524 g/mol. The van der Waals surface area contributed by atoms with Crippen LogP contribution in [0.1, 0.15) is 27.6 Å². The Labute approximate surface area is 220 Å². The molecular formula is C26H18Cl2FN3O5. The molecule has 188 valence electrons. The highest BCUT2D eigenvalue weighted by Crippen LogP contribution is 2.31. The molecule has 0 aromatic heterocycles. The van der Waals surface area contributed by atoms with Gasteiger partial charge in [0.25, 0.3) is 17.7 Å². The average Bonchev–Trinajstić information content (AvgIpc) is 3.09. The van der Waals surface area contributed by atoms with Crippen LogP contribution in [0.4, 0.5) is 21.5 Å². The van der Waals surface area contributed by atoms with Gasteiger partial charge in [-0.25, -0.2) is 14.1 Å². The first-order valence-corrected chi connectivity index (χ1v) is 11.6. The highest BCUT2D eigenvalue weighted by Gasteiger charge is 2.39. The molecule has 0 fully saturated rings. The zero-order valence-corrected chi connectivity index (χ0v) is 20.7. The topological polar surface area (TPSA) is 105 Å². The number of benzene rings is 3. The molecule has 1 aliphatic heterocycles. The Hall–Kier alpha value is -4.21. The second-order valence-corrected chi connectivity index (χ2v) is 8.48. The van der Waals surface area contributed by atoms with Crippen molar-refractivity contribution >= 4 is 64.0 Å². The molecule has 0 atom stereocenters. The number of nitrogens with one attached hydrogen (secondary N) is 2. The molecule has 11 heteroatoms. The number of nitrogens with zero attached hydrogens (tertiary/aromatic N) is 1. The Morgan fingerprint density at radius 2 is 1.62 bits per heavy atom. The summed E-state index contributed by atoms with van der Waals surface area (Å²) in [6.07, 6.45) is 0. The molecule has 4 rings (SSSR count). The van der Waals surface area contributed by atoms with Gasteiger partial charge in [0, 0.05) is 16.9 Å². The number of anilines is 3. The van der Waals surface area contributed by atoms with Crippen LogP contribution in [0.3, 0.4) is 0 Å². The molecule has 0 bridgehead atoms. The summed E-state index contributed by atoms with van der Waals surface area (Å²) in [5.74, 6) is -3.14. The van der Waals surface area contributed by atoms with Gasteiger partial charge in [-0.05, 0) is 67.6 Å². The normalized spacial score (nSPS) is 13.1. The van der Waals surface area contributed by atoms with Gasteiger partial charge >= 0.3 is 5.97 Å². The molecule has 0 radical (unpaired) electrons. The Morgan fingerprint density at radius 1 is 0.919 bits per heavy atom. The molecule has 3 aromatic carbocycles. The van der Waals surface area contributed by atoms with Gasteiger partial charge in [0.15, 0.2) is 0 Å². The van der Waals surface area contributed by atoms with E-state index in [0.29, 0.717) is 11.4 Å². The maximum Gasteiger partial charge on any atom is 0.338 e. The van der Waals surface area contributed by atoms with E-state index in [-0.39, 0.29) is 39.2 Å². The number of hydrogen-bond acceptors (Lipinski definition) is 6. The maximum atomic E-state index is 13.3. The van der Waals surface area contributed by atoms with Crippen molar-refractivity contribution < 1.29 is 28.3 Å². The van der Waals surface area contributed by atoms with Crippen LogP contribution < -0.4 is 15.5 Å². The number of carbonyl (C=O) groups excluding carboxylic acids is 4. The summed E-state index contributed by atoms with van der Waals surface area (Å²) in [4.78, 5) is 51.2. The van der Waals surface area contributed by atoms with E-state index in [9.17, 15) is 23.6 Å². The first kappa shape index (κ1) is 25.9. The number of rotatable bonds is 7. The van der Waals surface area contributed by atoms with Gasteiger partial charge in [-0.2, -0.15) is 0 Å². The summed E-state index contributed by atoms with van der Waals surface area (Å²) in [7, 11) is 0. The molecule has 0 saturated carbocycles. The van der Waals surface area contributed by atoms with Crippen LogP contribution in [0.25, 0.3) is 0 Å². The third-order valence-corrected chi connectivity index (χ3v) is 5.88. The average molecular weight is 542 g/mol. The second kappa shape index (κ2) is 10.8. The summed E-state index contributed by atoms with van der Waals surface area (Å²) in [6.45, 7) is 1.84. The molecule has 1 heterocycles. The first-order chi connectivity index (χ1) is 17.7. The van der Waals surface area contributed by atoms with Gasteiger partial charge < -0.3 is 15.4 Å². The van der Waals surface area contributed by atoms with Crippen LogP contribution in [0.15, 0.2) is 77.5 Å². The van der Waals surface area contributed by atoms with Crippen molar-refractivity contribution in [3.8, 4) is 0 Å². The smallest absolute Gasteiger partial charge is 0.338 e. The Morgan fingerprint density at radius 3 is 2.30 bits per heavy atom. The fourth-order valence-electron chi connectivity index (χ4n) is 3.46. The summed E-state index contributed by atoms with van der Waals surface area (Å²) in [5.41, 5.74) is 1.15. The van der Waals surface area contributed by atoms with Gasteiger partial charge in [0.2, 0.25) is 0 Å². The monoisotopic (exact) mass is 541 g/mol. The number of halogens is 3. The number of carbonyl (C=O) groups is 4. The highest BCUT2D eigenvalue weighted by atomic mass is 35.5. The SMILES string of the molecule is CCOC(=O)c1cccc(N2C(=O)C(Cl)=C(Nc3ccc(C(=O)Nc4ccc(F)c(Cl)c4)cc3)C2=O)c1. The minimum atomic E-state index is -0.760. The van der Waals surface area contributed by atoms with E-state index < -0.39 is 29.5 Å². The minimum Gasteiger partial charge on any atom is -0.462 e. The molecule has 1 aliphatic rings. The quantitative estimate of drug-likeness (QED) is 0.309. The van der Waals surface area contributed by atoms with Gasteiger partial charge in [0.05, 0.1) is 22.9 Å². The highest BCUT2D eigenvalue weighted by molar-refractivity contribution is 6.53. The van der Waals surface area contributed by atoms with Crippen molar-refractivity contribution in [2.24, 2.45) is 0 Å². The summed E-state index contributed by atoms with van der Waals surface area (Å²) >= 11 is 11.9. The molecule has 0 unspecified atom stereocenters. The number of amides is 3.